The van der Waals surface area contributed by atoms with Crippen LogP contribution in [-0.2, 0) is 12.8 Å². The van der Waals surface area contributed by atoms with Gasteiger partial charge in [0.05, 0.1) is 33.4 Å². The van der Waals surface area contributed by atoms with E-state index in [0.717, 1.165) is 101 Å². The number of para-hydroxylation sites is 5. The Bertz CT molecular complexity index is 5410. The minimum absolute atomic E-state index is 0.161. The van der Waals surface area contributed by atoms with Gasteiger partial charge in [0.25, 0.3) is 13.4 Å². The van der Waals surface area contributed by atoms with E-state index in [-0.39, 0.29) is 13.4 Å². The van der Waals surface area contributed by atoms with Gasteiger partial charge in [0.1, 0.15) is 11.5 Å². The summed E-state index contributed by atoms with van der Waals surface area (Å²) in [6.45, 7) is 13.4. The first-order chi connectivity index (χ1) is 46.0. The molecule has 0 fully saturated rings. The molecule has 12 aromatic carbocycles. The molecular weight excluding hydrogens is 1370 g/mol. The van der Waals surface area contributed by atoms with E-state index in [1.165, 1.54) is 129 Å². The van der Waals surface area contributed by atoms with E-state index in [1.807, 2.05) is 0 Å². The van der Waals surface area contributed by atoms with Crippen molar-refractivity contribution in [1.29, 1.82) is 0 Å². The highest BCUT2D eigenvalue weighted by Gasteiger charge is 2.49. The molecule has 0 aliphatic carbocycles. The number of hydrogen-bond donors (Lipinski definition) is 0. The van der Waals surface area contributed by atoms with Gasteiger partial charge in [0.15, 0.2) is 0 Å². The average Bonchev–Trinajstić information content (AvgIpc) is 0.808. The molecule has 94 heavy (non-hydrogen) atoms. The number of aromatic nitrogens is 2. The van der Waals surface area contributed by atoms with Gasteiger partial charge in [0, 0.05) is 92.0 Å². The molecule has 0 unspecified atom stereocenters. The highest BCUT2D eigenvalue weighted by Crippen LogP contribution is 2.50. The molecule has 0 saturated carbocycles. The molecule has 0 bridgehead atoms. The number of aryl methyl sites for hydroxylation is 6. The van der Waals surface area contributed by atoms with Crippen LogP contribution in [0.5, 0.6) is 11.5 Å². The zero-order chi connectivity index (χ0) is 63.4. The number of nitrogens with zero attached hydrogens (tertiary/aromatic N) is 5. The van der Waals surface area contributed by atoms with Crippen LogP contribution in [0.4, 0.5) is 51.2 Å². The molecule has 0 amide bonds. The Morgan fingerprint density at radius 3 is 1.43 bits per heavy atom. The summed E-state index contributed by atoms with van der Waals surface area (Å²) in [6, 6.07) is 86.0. The van der Waals surface area contributed by atoms with Crippen molar-refractivity contribution in [2.45, 2.75) is 80.1 Å². The lowest BCUT2D eigenvalue weighted by molar-refractivity contribution is 0.487. The first-order valence-corrected chi connectivity index (χ1v) is 35.6. The molecule has 4 aliphatic rings. The number of rotatable bonds is 11. The largest absolute Gasteiger partial charge is 0.458 e. The molecule has 0 N–H and O–H groups in total. The maximum absolute atomic E-state index is 7.95. The summed E-state index contributed by atoms with van der Waals surface area (Å²) in [5, 5.41) is 4.93. The van der Waals surface area contributed by atoms with E-state index in [1.54, 1.807) is 0 Å². The molecule has 454 valence electrons. The van der Waals surface area contributed by atoms with Crippen molar-refractivity contribution in [2.24, 2.45) is 0 Å². The molecule has 6 heterocycles. The molecule has 18 rings (SSSR count). The van der Waals surface area contributed by atoms with Crippen LogP contribution in [0.3, 0.4) is 0 Å². The lowest BCUT2D eigenvalue weighted by atomic mass is 9.30. The van der Waals surface area contributed by atoms with Gasteiger partial charge in [-0.1, -0.05) is 141 Å². The Morgan fingerprint density at radius 2 is 0.830 bits per heavy atom. The molecule has 0 radical (unpaired) electrons. The van der Waals surface area contributed by atoms with Crippen LogP contribution in [0.25, 0.3) is 55.0 Å². The quantitative estimate of drug-likeness (QED) is 0.0953. The number of unbranched alkanes of at least 4 members (excludes halogenated alkanes) is 2. The zero-order valence-corrected chi connectivity index (χ0v) is 58.0. The summed E-state index contributed by atoms with van der Waals surface area (Å²) < 4.78 is 15.4. The highest BCUT2D eigenvalue weighted by molar-refractivity contribution is 14.1. The fourth-order valence-electron chi connectivity index (χ4n) is 16.8. The highest BCUT2D eigenvalue weighted by atomic mass is 127. The van der Waals surface area contributed by atoms with Gasteiger partial charge in [-0.25, -0.2) is 0 Å². The summed E-state index contributed by atoms with van der Waals surface area (Å²) in [5.74, 6) is 1.76. The van der Waals surface area contributed by atoms with Crippen molar-refractivity contribution in [3.63, 3.8) is 0 Å². The maximum atomic E-state index is 7.95. The first kappa shape index (κ1) is 57.7. The Kier molecular flexibility index (Phi) is 13.7. The average molecular weight is 1440 g/mol. The van der Waals surface area contributed by atoms with E-state index < -0.39 is 0 Å². The fraction of sp³-hybridized carbons (Fsp3) is 0.143. The fourth-order valence-corrected chi connectivity index (χ4v) is 18.6. The van der Waals surface area contributed by atoms with E-state index >= 15 is 0 Å². The second-order valence-corrected chi connectivity index (χ2v) is 29.1. The number of hydrogen-bond acceptors (Lipinski definition) is 4. The van der Waals surface area contributed by atoms with Crippen molar-refractivity contribution >= 4 is 186 Å². The molecule has 0 saturated heterocycles. The predicted octanol–water partition coefficient (Wildman–Crippen LogP) is 19.5. The lowest BCUT2D eigenvalue weighted by Gasteiger charge is -2.46. The molecule has 6 nitrogen and oxygen atoms in total. The third kappa shape index (κ3) is 8.87. The molecule has 4 aliphatic heterocycles. The van der Waals surface area contributed by atoms with Crippen LogP contribution < -0.4 is 52.2 Å². The van der Waals surface area contributed by atoms with Gasteiger partial charge in [-0.05, 0) is 262 Å². The SMILES string of the molecule is CCCCc1cc(C)cc(N2c3cc(C)cc(I)c3B3c4cc5c(cc4N(c4ccccc4)c4cc(-n6c7ccccc7c7ccccc76)cc2c43)Oc2cc(-n3c4ccccc4c4ccccc43)cc3c2B5c2c(CCCC)cc(C)cc2N3c2cc(C)cc(I)c2)c1. The third-order valence-electron chi connectivity index (χ3n) is 20.4. The monoisotopic (exact) mass is 1440 g/mol. The Hall–Kier alpha value is -8.97. The van der Waals surface area contributed by atoms with E-state index in [4.69, 9.17) is 4.74 Å². The second-order valence-electron chi connectivity index (χ2n) is 26.7. The van der Waals surface area contributed by atoms with Gasteiger partial charge in [0.2, 0.25) is 0 Å². The number of fused-ring (bicyclic) bond motifs is 14. The number of benzene rings is 12. The van der Waals surface area contributed by atoms with Gasteiger partial charge in [-0.15, -0.1) is 0 Å². The zero-order valence-electron chi connectivity index (χ0n) is 53.7. The van der Waals surface area contributed by atoms with Gasteiger partial charge < -0.3 is 28.6 Å². The summed E-state index contributed by atoms with van der Waals surface area (Å²) in [5.41, 5.74) is 32.8. The van der Waals surface area contributed by atoms with Gasteiger partial charge in [-0.2, -0.15) is 0 Å². The van der Waals surface area contributed by atoms with Crippen LogP contribution in [-0.4, -0.2) is 22.6 Å². The Morgan fingerprint density at radius 1 is 0.351 bits per heavy atom. The molecule has 2 aromatic heterocycles. The Labute approximate surface area is 577 Å². The standard InChI is InChI=1S/C84H67B2I2N5O/c1-7-9-22-54-34-50(3)37-58(42-54)92-75-41-53(6)39-68(88)82(75)85-66-48-67-79(49-73(66)89(57-24-12-11-13-25-57)76-44-60(45-77(92)83(76)85)90-69-30-18-14-26-62(69)63-27-15-19-31-70(63)90)94-80-47-61(91-71-32-20-16-28-64(71)65-29-17-21-33-72(65)91)46-78-84(80)86(67)81-55(23-10-8-2)35-51(4)40-74(81)93(78)59-38-52(5)36-56(87)43-59/h11-21,24-49H,7-10,22-23H2,1-6H3. The molecule has 14 aromatic rings. The van der Waals surface area contributed by atoms with Crippen LogP contribution in [0, 0.1) is 34.8 Å². The lowest BCUT2D eigenvalue weighted by Crippen LogP contribution is -2.65. The number of ether oxygens (including phenoxy) is 1. The number of anilines is 9. The molecular formula is C84H67B2I2N5O. The van der Waals surface area contributed by atoms with E-state index in [9.17, 15) is 0 Å². The van der Waals surface area contributed by atoms with E-state index in [0.29, 0.717) is 0 Å². The van der Waals surface area contributed by atoms with Crippen molar-refractivity contribution < 1.29 is 4.74 Å². The molecule has 10 heteroatoms. The Balaban J connectivity index is 0.964. The smallest absolute Gasteiger partial charge is 0.256 e. The summed E-state index contributed by atoms with van der Waals surface area (Å²) >= 11 is 5.22. The molecule has 0 spiro atoms. The topological polar surface area (TPSA) is 28.8 Å². The summed E-state index contributed by atoms with van der Waals surface area (Å²) in [7, 11) is 0. The normalized spacial score (nSPS) is 13.3. The van der Waals surface area contributed by atoms with Crippen LogP contribution in [0.15, 0.2) is 224 Å². The van der Waals surface area contributed by atoms with Crippen molar-refractivity contribution in [2.75, 3.05) is 14.7 Å². The summed E-state index contributed by atoms with van der Waals surface area (Å²) in [6.07, 6.45) is 6.45. The minimum atomic E-state index is -0.164. The van der Waals surface area contributed by atoms with Crippen molar-refractivity contribution in [3.05, 3.63) is 265 Å². The second kappa shape index (κ2) is 22.3. The van der Waals surface area contributed by atoms with Crippen LogP contribution in [0.2, 0.25) is 0 Å². The van der Waals surface area contributed by atoms with Gasteiger partial charge >= 0.3 is 0 Å². The number of halogens is 2. The predicted molar refractivity (Wildman–Crippen MR) is 417 cm³/mol. The molecule has 0 atom stereocenters. The van der Waals surface area contributed by atoms with Gasteiger partial charge in [-0.3, -0.25) is 0 Å². The third-order valence-corrected chi connectivity index (χ3v) is 22.0. The van der Waals surface area contributed by atoms with Crippen molar-refractivity contribution in [3.8, 4) is 22.9 Å². The minimum Gasteiger partial charge on any atom is -0.458 e. The maximum Gasteiger partial charge on any atom is 0.256 e. The van der Waals surface area contributed by atoms with Crippen molar-refractivity contribution in [1.82, 2.24) is 9.13 Å². The van der Waals surface area contributed by atoms with Crippen LogP contribution >= 0.6 is 45.2 Å². The van der Waals surface area contributed by atoms with E-state index in [2.05, 4.69) is 335 Å². The summed E-state index contributed by atoms with van der Waals surface area (Å²) in [4.78, 5) is 7.82. The first-order valence-electron chi connectivity index (χ1n) is 33.5. The van der Waals surface area contributed by atoms with Crippen LogP contribution in [0.1, 0.15) is 72.9 Å².